The molecule has 5 aromatic rings. The summed E-state index contributed by atoms with van der Waals surface area (Å²) in [4.78, 5) is 2.23. The first-order chi connectivity index (χ1) is 13.3. The van der Waals surface area contributed by atoms with Gasteiger partial charge in [-0.15, -0.1) is 22.7 Å². The zero-order chi connectivity index (χ0) is 18.2. The van der Waals surface area contributed by atoms with Gasteiger partial charge in [-0.1, -0.05) is 54.6 Å². The second-order valence-electron chi connectivity index (χ2n) is 6.42. The minimum Gasteiger partial charge on any atom is -0.320 e. The molecule has 1 nitrogen and oxygen atoms in total. The lowest BCUT2D eigenvalue weighted by molar-refractivity contribution is 0.610. The fourth-order valence-electron chi connectivity index (χ4n) is 3.26. The van der Waals surface area contributed by atoms with E-state index in [4.69, 9.17) is 0 Å². The highest BCUT2D eigenvalue weighted by Crippen LogP contribution is 2.42. The van der Waals surface area contributed by atoms with E-state index < -0.39 is 0 Å². The van der Waals surface area contributed by atoms with Crippen LogP contribution in [-0.4, -0.2) is 0 Å². The van der Waals surface area contributed by atoms with Crippen LogP contribution in [0.15, 0.2) is 84.9 Å². The van der Waals surface area contributed by atoms with E-state index in [1.807, 2.05) is 12.1 Å². The summed E-state index contributed by atoms with van der Waals surface area (Å²) in [5.74, 6) is -0.162. The molecule has 0 unspecified atom stereocenters. The molecule has 2 heterocycles. The zero-order valence-corrected chi connectivity index (χ0v) is 16.1. The van der Waals surface area contributed by atoms with Crippen molar-refractivity contribution in [3.05, 3.63) is 96.3 Å². The van der Waals surface area contributed by atoms with Gasteiger partial charge in [0.15, 0.2) is 0 Å². The molecule has 0 bridgehead atoms. The fourth-order valence-corrected chi connectivity index (χ4v) is 5.47. The van der Waals surface area contributed by atoms with Crippen LogP contribution in [0, 0.1) is 5.82 Å². The van der Waals surface area contributed by atoms with Gasteiger partial charge in [0.2, 0.25) is 0 Å². The molecule has 0 aliphatic heterocycles. The Hall–Kier alpha value is -2.69. The molecular weight excluding hydrogens is 373 g/mol. The monoisotopic (exact) mass is 389 g/mol. The summed E-state index contributed by atoms with van der Waals surface area (Å²) in [7, 11) is 0. The molecule has 4 heteroatoms. The van der Waals surface area contributed by atoms with Crippen molar-refractivity contribution in [2.24, 2.45) is 0 Å². The van der Waals surface area contributed by atoms with E-state index in [0.717, 1.165) is 10.0 Å². The van der Waals surface area contributed by atoms with E-state index in [2.05, 4.69) is 65.6 Å². The first-order valence-electron chi connectivity index (χ1n) is 8.76. The second kappa shape index (κ2) is 6.80. The number of rotatable bonds is 4. The van der Waals surface area contributed by atoms with E-state index in [9.17, 15) is 4.39 Å². The van der Waals surface area contributed by atoms with E-state index in [-0.39, 0.29) is 5.82 Å². The first-order valence-corrected chi connectivity index (χ1v) is 10.4. The van der Waals surface area contributed by atoms with Gasteiger partial charge in [0.1, 0.15) is 5.82 Å². The standard InChI is InChI=1S/C23H16FNS2/c24-19-10-4-1-9-18(19)15-25(22-13-16-7-2-5-11-20(16)26-22)23-14-17-8-3-6-12-21(17)27-23/h1-14H,15H2. The Labute approximate surface area is 164 Å². The summed E-state index contributed by atoms with van der Waals surface area (Å²) >= 11 is 3.49. The maximum atomic E-state index is 14.4. The highest BCUT2D eigenvalue weighted by atomic mass is 32.1. The summed E-state index contributed by atoms with van der Waals surface area (Å²) in [5.41, 5.74) is 0.701. The van der Waals surface area contributed by atoms with Gasteiger partial charge in [-0.25, -0.2) is 4.39 Å². The third-order valence-electron chi connectivity index (χ3n) is 4.64. The zero-order valence-electron chi connectivity index (χ0n) is 14.4. The topological polar surface area (TPSA) is 3.24 Å². The van der Waals surface area contributed by atoms with Crippen molar-refractivity contribution in [1.29, 1.82) is 0 Å². The molecule has 0 aliphatic carbocycles. The van der Waals surface area contributed by atoms with Crippen LogP contribution in [0.5, 0.6) is 0 Å². The number of thiophene rings is 2. The van der Waals surface area contributed by atoms with Crippen molar-refractivity contribution in [2.45, 2.75) is 6.54 Å². The van der Waals surface area contributed by atoms with Crippen molar-refractivity contribution in [3.8, 4) is 0 Å². The second-order valence-corrected chi connectivity index (χ2v) is 8.55. The molecule has 27 heavy (non-hydrogen) atoms. The van der Waals surface area contributed by atoms with Crippen LogP contribution in [0.25, 0.3) is 20.2 Å². The molecule has 0 aliphatic rings. The number of benzene rings is 3. The van der Waals surface area contributed by atoms with Crippen molar-refractivity contribution in [1.82, 2.24) is 0 Å². The van der Waals surface area contributed by atoms with E-state index in [1.165, 1.54) is 26.2 Å². The largest absolute Gasteiger partial charge is 0.320 e. The Morgan fingerprint density at radius 3 is 1.74 bits per heavy atom. The minimum absolute atomic E-state index is 0.162. The Bertz CT molecular complexity index is 1100. The van der Waals surface area contributed by atoms with Crippen LogP contribution in [0.2, 0.25) is 0 Å². The fraction of sp³-hybridized carbons (Fsp3) is 0.0435. The van der Waals surface area contributed by atoms with Gasteiger partial charge in [0, 0.05) is 15.0 Å². The van der Waals surface area contributed by atoms with Crippen molar-refractivity contribution in [3.63, 3.8) is 0 Å². The summed E-state index contributed by atoms with van der Waals surface area (Å²) in [5, 5.41) is 4.70. The summed E-state index contributed by atoms with van der Waals surface area (Å²) < 4.78 is 16.9. The maximum absolute atomic E-state index is 14.4. The molecule has 3 aromatic carbocycles. The lowest BCUT2D eigenvalue weighted by Gasteiger charge is -2.21. The van der Waals surface area contributed by atoms with Gasteiger partial charge in [-0.3, -0.25) is 0 Å². The van der Waals surface area contributed by atoms with Crippen molar-refractivity contribution in [2.75, 3.05) is 4.90 Å². The summed E-state index contributed by atoms with van der Waals surface area (Å²) in [6.45, 7) is 0.506. The lowest BCUT2D eigenvalue weighted by atomic mass is 10.2. The maximum Gasteiger partial charge on any atom is 0.128 e. The van der Waals surface area contributed by atoms with Crippen LogP contribution in [-0.2, 0) is 6.54 Å². The van der Waals surface area contributed by atoms with Gasteiger partial charge >= 0.3 is 0 Å². The molecule has 0 saturated heterocycles. The molecule has 0 saturated carbocycles. The molecule has 0 spiro atoms. The normalized spacial score (nSPS) is 11.3. The van der Waals surface area contributed by atoms with Gasteiger partial charge in [-0.05, 0) is 41.1 Å². The number of hydrogen-bond donors (Lipinski definition) is 0. The van der Waals surface area contributed by atoms with E-state index >= 15 is 0 Å². The predicted octanol–water partition coefficient (Wildman–Crippen LogP) is 7.59. The number of hydrogen-bond acceptors (Lipinski definition) is 3. The molecule has 132 valence electrons. The molecular formula is C23H16FNS2. The van der Waals surface area contributed by atoms with Gasteiger partial charge in [0.05, 0.1) is 16.5 Å². The highest BCUT2D eigenvalue weighted by Gasteiger charge is 2.17. The van der Waals surface area contributed by atoms with E-state index in [0.29, 0.717) is 12.1 Å². The Kier molecular flexibility index (Phi) is 4.15. The molecule has 0 amide bonds. The van der Waals surface area contributed by atoms with Crippen LogP contribution in [0.1, 0.15) is 5.56 Å². The molecule has 0 fully saturated rings. The lowest BCUT2D eigenvalue weighted by Crippen LogP contribution is -2.14. The minimum atomic E-state index is -0.162. The van der Waals surface area contributed by atoms with Gasteiger partial charge < -0.3 is 4.90 Å². The van der Waals surface area contributed by atoms with Crippen LogP contribution in [0.3, 0.4) is 0 Å². The Balaban J connectivity index is 1.65. The Morgan fingerprint density at radius 1 is 0.667 bits per heavy atom. The van der Waals surface area contributed by atoms with Crippen LogP contribution < -0.4 is 4.90 Å². The average molecular weight is 390 g/mol. The quantitative estimate of drug-likeness (QED) is 0.306. The average Bonchev–Trinajstić information content (AvgIpc) is 3.31. The predicted molar refractivity (Wildman–Crippen MR) is 116 cm³/mol. The van der Waals surface area contributed by atoms with Crippen LogP contribution in [0.4, 0.5) is 14.4 Å². The van der Waals surface area contributed by atoms with Crippen molar-refractivity contribution >= 4 is 52.8 Å². The van der Waals surface area contributed by atoms with Crippen LogP contribution >= 0.6 is 22.7 Å². The molecule has 0 atom stereocenters. The number of nitrogens with zero attached hydrogens (tertiary/aromatic N) is 1. The molecule has 5 rings (SSSR count). The first kappa shape index (κ1) is 16.5. The highest BCUT2D eigenvalue weighted by molar-refractivity contribution is 7.25. The third kappa shape index (κ3) is 3.11. The molecule has 0 N–H and O–H groups in total. The smallest absolute Gasteiger partial charge is 0.128 e. The van der Waals surface area contributed by atoms with Gasteiger partial charge in [-0.2, -0.15) is 0 Å². The SMILES string of the molecule is Fc1ccccc1CN(c1cc2ccccc2s1)c1cc2ccccc2s1. The summed E-state index contributed by atoms with van der Waals surface area (Å²) in [6.07, 6.45) is 0. The van der Waals surface area contributed by atoms with Gasteiger partial charge in [0.25, 0.3) is 0 Å². The third-order valence-corrected chi connectivity index (χ3v) is 6.92. The van der Waals surface area contributed by atoms with E-state index in [1.54, 1.807) is 28.7 Å². The number of halogens is 1. The summed E-state index contributed by atoms with van der Waals surface area (Å²) in [6, 6.07) is 28.2. The molecule has 0 radical (unpaired) electrons. The Morgan fingerprint density at radius 2 is 1.19 bits per heavy atom. The molecule has 2 aromatic heterocycles. The van der Waals surface area contributed by atoms with Crippen molar-refractivity contribution < 1.29 is 4.39 Å². The number of anilines is 2. The number of fused-ring (bicyclic) bond motifs is 2.